The number of esters is 1. The van der Waals surface area contributed by atoms with Crippen molar-refractivity contribution in [3.05, 3.63) is 70.2 Å². The zero-order chi connectivity index (χ0) is 22.5. The molecule has 3 aromatic rings. The van der Waals surface area contributed by atoms with E-state index in [1.165, 1.54) is 0 Å². The van der Waals surface area contributed by atoms with Crippen LogP contribution in [0.25, 0.3) is 11.0 Å². The third-order valence-electron chi connectivity index (χ3n) is 5.06. The van der Waals surface area contributed by atoms with Crippen LogP contribution in [0.4, 0.5) is 5.69 Å². The minimum atomic E-state index is -0.441. The topological polar surface area (TPSA) is 90.1 Å². The van der Waals surface area contributed by atoms with Gasteiger partial charge in [-0.15, -0.1) is 0 Å². The summed E-state index contributed by atoms with van der Waals surface area (Å²) in [7, 11) is 0. The van der Waals surface area contributed by atoms with Crippen LogP contribution in [0.5, 0.6) is 0 Å². The molecule has 0 aliphatic carbocycles. The first kappa shape index (κ1) is 22.0. The van der Waals surface area contributed by atoms with Crippen molar-refractivity contribution in [3.8, 4) is 0 Å². The van der Waals surface area contributed by atoms with Gasteiger partial charge in [-0.2, -0.15) is 0 Å². The lowest BCUT2D eigenvalue weighted by atomic mass is 10.1. The maximum atomic E-state index is 13.0. The summed E-state index contributed by atoms with van der Waals surface area (Å²) >= 11 is 6.11. The smallest absolute Gasteiger partial charge is 0.338 e. The number of benzene rings is 2. The van der Waals surface area contributed by atoms with Gasteiger partial charge in [0, 0.05) is 23.6 Å². The summed E-state index contributed by atoms with van der Waals surface area (Å²) in [6, 6.07) is 13.5. The molecule has 0 radical (unpaired) electrons. The number of ether oxygens (including phenoxy) is 2. The number of rotatable bonds is 6. The van der Waals surface area contributed by atoms with Crippen molar-refractivity contribution < 1.29 is 23.5 Å². The van der Waals surface area contributed by atoms with Crippen LogP contribution < -0.4 is 10.9 Å². The van der Waals surface area contributed by atoms with Gasteiger partial charge in [-0.05, 0) is 62.2 Å². The third kappa shape index (κ3) is 5.18. The van der Waals surface area contributed by atoms with Gasteiger partial charge in [0.15, 0.2) is 0 Å². The molecule has 0 spiro atoms. The fourth-order valence-electron chi connectivity index (χ4n) is 3.49. The Balaban J connectivity index is 1.74. The van der Waals surface area contributed by atoms with Gasteiger partial charge in [0.25, 0.3) is 5.91 Å². The molecule has 1 fully saturated rings. The van der Waals surface area contributed by atoms with E-state index in [2.05, 4.69) is 10.3 Å². The summed E-state index contributed by atoms with van der Waals surface area (Å²) in [4.78, 5) is 29.6. The molecule has 1 atom stereocenters. The average Bonchev–Trinajstić information content (AvgIpc) is 3.31. The molecule has 0 saturated carbocycles. The fourth-order valence-corrected chi connectivity index (χ4v) is 3.67. The van der Waals surface area contributed by atoms with Crippen LogP contribution in [-0.2, 0) is 9.47 Å². The molecular formula is C24H23ClN2O5. The first-order chi connectivity index (χ1) is 15.5. The van der Waals surface area contributed by atoms with E-state index in [9.17, 15) is 9.59 Å². The van der Waals surface area contributed by atoms with Crippen molar-refractivity contribution in [2.45, 2.75) is 25.9 Å². The highest BCUT2D eigenvalue weighted by atomic mass is 35.5. The molecule has 0 bridgehead atoms. The fraction of sp³-hybridized carbons (Fsp3) is 0.292. The SMILES string of the molecule is CCOC(=O)c1cccc(N=c2oc3ccc(Cl)cc3cc2C(=O)NCC2CCCO2)c1. The van der Waals surface area contributed by atoms with Gasteiger partial charge in [0.05, 0.1) is 24.0 Å². The third-order valence-corrected chi connectivity index (χ3v) is 5.29. The highest BCUT2D eigenvalue weighted by Gasteiger charge is 2.19. The number of fused-ring (bicyclic) bond motifs is 1. The van der Waals surface area contributed by atoms with Gasteiger partial charge in [-0.25, -0.2) is 9.79 Å². The molecule has 8 heteroatoms. The van der Waals surface area contributed by atoms with Crippen LogP contribution in [-0.4, -0.2) is 37.7 Å². The number of amides is 1. The largest absolute Gasteiger partial charge is 0.462 e. The molecule has 1 aromatic heterocycles. The molecule has 7 nitrogen and oxygen atoms in total. The Morgan fingerprint density at radius 2 is 2.09 bits per heavy atom. The number of nitrogens with one attached hydrogen (secondary N) is 1. The van der Waals surface area contributed by atoms with E-state index < -0.39 is 5.97 Å². The molecule has 1 saturated heterocycles. The normalized spacial score (nSPS) is 16.3. The van der Waals surface area contributed by atoms with E-state index in [0.29, 0.717) is 40.4 Å². The van der Waals surface area contributed by atoms with E-state index in [-0.39, 0.29) is 29.7 Å². The Morgan fingerprint density at radius 3 is 2.88 bits per heavy atom. The Kier molecular flexibility index (Phi) is 6.87. The minimum absolute atomic E-state index is 0.00689. The van der Waals surface area contributed by atoms with Crippen molar-refractivity contribution in [2.75, 3.05) is 19.8 Å². The molecule has 1 unspecified atom stereocenters. The van der Waals surface area contributed by atoms with Crippen molar-refractivity contribution in [2.24, 2.45) is 4.99 Å². The summed E-state index contributed by atoms with van der Waals surface area (Å²) in [5.41, 5.74) is 1.75. The van der Waals surface area contributed by atoms with Gasteiger partial charge in [0.1, 0.15) is 11.1 Å². The molecule has 1 aliphatic rings. The lowest BCUT2D eigenvalue weighted by Crippen LogP contribution is -2.34. The Morgan fingerprint density at radius 1 is 1.22 bits per heavy atom. The highest BCUT2D eigenvalue weighted by Crippen LogP contribution is 2.20. The number of hydrogen-bond acceptors (Lipinski definition) is 6. The van der Waals surface area contributed by atoms with Crippen LogP contribution >= 0.6 is 11.6 Å². The zero-order valence-corrected chi connectivity index (χ0v) is 18.4. The second-order valence-corrected chi connectivity index (χ2v) is 7.81. The predicted molar refractivity (Wildman–Crippen MR) is 120 cm³/mol. The number of halogens is 1. The van der Waals surface area contributed by atoms with Gasteiger partial charge >= 0.3 is 5.97 Å². The number of hydrogen-bond donors (Lipinski definition) is 1. The van der Waals surface area contributed by atoms with Crippen LogP contribution in [0.1, 0.15) is 40.5 Å². The standard InChI is InChI=1S/C24H23ClN2O5/c1-2-30-24(29)15-5-3-6-18(12-15)27-23-20(22(28)26-14-19-7-4-10-31-19)13-16-11-17(25)8-9-21(16)32-23/h3,5-6,8-9,11-13,19H,2,4,7,10,14H2,1H3,(H,26,28). The zero-order valence-electron chi connectivity index (χ0n) is 17.6. The van der Waals surface area contributed by atoms with E-state index in [4.69, 9.17) is 25.5 Å². The molecule has 166 valence electrons. The van der Waals surface area contributed by atoms with Crippen molar-refractivity contribution >= 4 is 40.1 Å². The Bertz CT molecular complexity index is 1210. The average molecular weight is 455 g/mol. The molecule has 4 rings (SSSR count). The number of nitrogens with zero attached hydrogens (tertiary/aromatic N) is 1. The second-order valence-electron chi connectivity index (χ2n) is 7.38. The first-order valence-corrected chi connectivity index (χ1v) is 10.9. The van der Waals surface area contributed by atoms with E-state index in [0.717, 1.165) is 12.8 Å². The van der Waals surface area contributed by atoms with E-state index in [1.54, 1.807) is 55.5 Å². The van der Waals surface area contributed by atoms with Gasteiger partial charge < -0.3 is 19.2 Å². The van der Waals surface area contributed by atoms with Crippen LogP contribution in [0.2, 0.25) is 5.02 Å². The van der Waals surface area contributed by atoms with E-state index in [1.807, 2.05) is 0 Å². The summed E-state index contributed by atoms with van der Waals surface area (Å²) in [5.74, 6) is -0.768. The summed E-state index contributed by atoms with van der Waals surface area (Å²) < 4.78 is 16.6. The monoisotopic (exact) mass is 454 g/mol. The van der Waals surface area contributed by atoms with E-state index >= 15 is 0 Å². The lowest BCUT2D eigenvalue weighted by Gasteiger charge is -2.11. The predicted octanol–water partition coefficient (Wildman–Crippen LogP) is 4.40. The van der Waals surface area contributed by atoms with Crippen LogP contribution in [0.3, 0.4) is 0 Å². The molecular weight excluding hydrogens is 432 g/mol. The van der Waals surface area contributed by atoms with Crippen molar-refractivity contribution in [3.63, 3.8) is 0 Å². The molecule has 32 heavy (non-hydrogen) atoms. The summed E-state index contributed by atoms with van der Waals surface area (Å²) in [6.07, 6.45) is 1.91. The molecule has 1 N–H and O–H groups in total. The molecule has 2 heterocycles. The first-order valence-electron chi connectivity index (χ1n) is 10.5. The number of carbonyl (C=O) groups is 2. The molecule has 1 amide bonds. The maximum absolute atomic E-state index is 13.0. The number of carbonyl (C=O) groups excluding carboxylic acids is 2. The Labute approximate surface area is 190 Å². The van der Waals surface area contributed by atoms with Gasteiger partial charge in [0.2, 0.25) is 5.55 Å². The second kappa shape index (κ2) is 9.97. The minimum Gasteiger partial charge on any atom is -0.462 e. The van der Waals surface area contributed by atoms with Crippen molar-refractivity contribution in [1.82, 2.24) is 5.32 Å². The van der Waals surface area contributed by atoms with Crippen molar-refractivity contribution in [1.29, 1.82) is 0 Å². The van der Waals surface area contributed by atoms with Crippen LogP contribution in [0.15, 0.2) is 57.9 Å². The molecule has 1 aliphatic heterocycles. The van der Waals surface area contributed by atoms with Crippen LogP contribution in [0, 0.1) is 0 Å². The maximum Gasteiger partial charge on any atom is 0.338 e. The van der Waals surface area contributed by atoms with Gasteiger partial charge in [-0.1, -0.05) is 17.7 Å². The molecule has 2 aromatic carbocycles. The lowest BCUT2D eigenvalue weighted by molar-refractivity contribution is 0.0526. The summed E-state index contributed by atoms with van der Waals surface area (Å²) in [6.45, 7) is 3.14. The quantitative estimate of drug-likeness (QED) is 0.557. The summed E-state index contributed by atoms with van der Waals surface area (Å²) in [5, 5.41) is 4.11. The van der Waals surface area contributed by atoms with Gasteiger partial charge in [-0.3, -0.25) is 4.79 Å². The highest BCUT2D eigenvalue weighted by molar-refractivity contribution is 6.31. The Hall–Kier alpha value is -3.16.